The molecule has 5 aromatic rings. The Kier molecular flexibility index (Phi) is 5.34. The van der Waals surface area contributed by atoms with Gasteiger partial charge in [0.05, 0.1) is 23.7 Å². The molecule has 1 fully saturated rings. The van der Waals surface area contributed by atoms with E-state index in [1.54, 1.807) is 17.7 Å². The van der Waals surface area contributed by atoms with Crippen molar-refractivity contribution in [3.8, 4) is 5.75 Å². The molecule has 35 heavy (non-hydrogen) atoms. The maximum atomic E-state index is 13.4. The monoisotopic (exact) mass is 489 g/mol. The molecule has 4 aromatic heterocycles. The lowest BCUT2D eigenvalue weighted by atomic mass is 10.2. The number of anilines is 3. The predicted octanol–water partition coefficient (Wildman–Crippen LogP) is 4.07. The van der Waals surface area contributed by atoms with E-state index in [-0.39, 0.29) is 5.56 Å². The van der Waals surface area contributed by atoms with Gasteiger partial charge >= 0.3 is 0 Å². The maximum absolute atomic E-state index is 13.4. The second kappa shape index (κ2) is 8.54. The number of aromatic amines is 1. The molecule has 9 nitrogen and oxygen atoms in total. The second-order valence-electron chi connectivity index (χ2n) is 9.01. The number of hydrogen-bond acceptors (Lipinski definition) is 8. The Bertz CT molecular complexity index is 1590. The normalized spacial score (nSPS) is 15.0. The van der Waals surface area contributed by atoms with E-state index in [9.17, 15) is 4.79 Å². The summed E-state index contributed by atoms with van der Waals surface area (Å²) in [6.45, 7) is 8.51. The average Bonchev–Trinajstić information content (AvgIpc) is 3.54. The standard InChI is InChI=1S/C25H27N7O2S/c1-15(2)30-9-11-31(12-10-30)16-4-5-18(20(14-16)34-3)28-25-29-22-17(6-8-26-22)23-27-19-7-13-35-21(19)24(33)32(23)25/h4-8,13-15,26H,9-12H2,1-3H3,(H,28,29). The van der Waals surface area contributed by atoms with E-state index in [1.165, 1.54) is 11.3 Å². The van der Waals surface area contributed by atoms with E-state index < -0.39 is 0 Å². The molecule has 0 bridgehead atoms. The van der Waals surface area contributed by atoms with Crippen molar-refractivity contribution in [2.75, 3.05) is 43.5 Å². The van der Waals surface area contributed by atoms with E-state index >= 15 is 0 Å². The van der Waals surface area contributed by atoms with Gasteiger partial charge in [0.1, 0.15) is 16.1 Å². The second-order valence-corrected chi connectivity index (χ2v) is 9.93. The SMILES string of the molecule is COc1cc(N2CCN(C(C)C)CC2)ccc1Nc1nc2[nH]ccc2c2nc3ccsc3c(=O)n12. The number of methoxy groups -OCH3 is 1. The summed E-state index contributed by atoms with van der Waals surface area (Å²) in [4.78, 5) is 30.9. The van der Waals surface area contributed by atoms with Gasteiger partial charge in [0, 0.05) is 50.2 Å². The third-order valence-electron chi connectivity index (χ3n) is 6.72. The summed E-state index contributed by atoms with van der Waals surface area (Å²) in [5, 5.41) is 6.02. The van der Waals surface area contributed by atoms with Gasteiger partial charge in [-0.25, -0.2) is 9.38 Å². The minimum atomic E-state index is -0.142. The summed E-state index contributed by atoms with van der Waals surface area (Å²) in [5.74, 6) is 1.08. The highest BCUT2D eigenvalue weighted by Crippen LogP contribution is 2.33. The number of thiophene rings is 1. The van der Waals surface area contributed by atoms with Gasteiger partial charge in [-0.15, -0.1) is 11.3 Å². The zero-order chi connectivity index (χ0) is 24.1. The van der Waals surface area contributed by atoms with Crippen molar-refractivity contribution in [2.24, 2.45) is 0 Å². The van der Waals surface area contributed by atoms with Gasteiger partial charge in [0.2, 0.25) is 5.95 Å². The molecule has 1 saturated heterocycles. The van der Waals surface area contributed by atoms with Gasteiger partial charge in [-0.3, -0.25) is 9.69 Å². The lowest BCUT2D eigenvalue weighted by Gasteiger charge is -2.38. The van der Waals surface area contributed by atoms with Crippen LogP contribution in [-0.4, -0.2) is 63.6 Å². The van der Waals surface area contributed by atoms with Gasteiger partial charge in [-0.2, -0.15) is 4.98 Å². The molecule has 5 heterocycles. The smallest absolute Gasteiger partial charge is 0.278 e. The lowest BCUT2D eigenvalue weighted by molar-refractivity contribution is 0.209. The summed E-state index contributed by atoms with van der Waals surface area (Å²) in [6, 6.07) is 10.4. The van der Waals surface area contributed by atoms with Crippen LogP contribution in [0.4, 0.5) is 17.3 Å². The van der Waals surface area contributed by atoms with Crippen molar-refractivity contribution in [1.82, 2.24) is 24.3 Å². The summed E-state index contributed by atoms with van der Waals surface area (Å²) in [6.07, 6.45) is 1.81. The molecule has 0 amide bonds. The molecule has 6 rings (SSSR count). The van der Waals surface area contributed by atoms with Crippen LogP contribution in [0, 0.1) is 0 Å². The fraction of sp³-hybridized carbons (Fsp3) is 0.320. The van der Waals surface area contributed by atoms with Crippen LogP contribution in [0.1, 0.15) is 13.8 Å². The first-order valence-electron chi connectivity index (χ1n) is 11.7. The number of H-pyrrole nitrogens is 1. The molecule has 0 radical (unpaired) electrons. The minimum Gasteiger partial charge on any atom is -0.494 e. The van der Waals surface area contributed by atoms with Gasteiger partial charge in [0.25, 0.3) is 5.56 Å². The van der Waals surface area contributed by atoms with Crippen molar-refractivity contribution in [1.29, 1.82) is 0 Å². The summed E-state index contributed by atoms with van der Waals surface area (Å²) in [5.41, 5.74) is 3.62. The number of nitrogens with one attached hydrogen (secondary N) is 2. The van der Waals surface area contributed by atoms with Crippen LogP contribution in [-0.2, 0) is 0 Å². The summed E-state index contributed by atoms with van der Waals surface area (Å²) in [7, 11) is 1.66. The van der Waals surface area contributed by atoms with Crippen LogP contribution in [0.3, 0.4) is 0 Å². The van der Waals surface area contributed by atoms with Crippen LogP contribution in [0.15, 0.2) is 46.7 Å². The number of piperazine rings is 1. The summed E-state index contributed by atoms with van der Waals surface area (Å²) >= 11 is 1.39. The van der Waals surface area contributed by atoms with Crippen LogP contribution in [0.25, 0.3) is 26.9 Å². The Morgan fingerprint density at radius 1 is 1.11 bits per heavy atom. The largest absolute Gasteiger partial charge is 0.494 e. The van der Waals surface area contributed by atoms with E-state index in [0.29, 0.717) is 39.3 Å². The third-order valence-corrected chi connectivity index (χ3v) is 7.61. The first-order valence-corrected chi connectivity index (χ1v) is 12.6. The predicted molar refractivity (Wildman–Crippen MR) is 142 cm³/mol. The van der Waals surface area contributed by atoms with Gasteiger partial charge < -0.3 is 19.9 Å². The molecule has 0 atom stereocenters. The van der Waals surface area contributed by atoms with Gasteiger partial charge in [0.15, 0.2) is 5.65 Å². The number of aromatic nitrogens is 4. The maximum Gasteiger partial charge on any atom is 0.278 e. The number of rotatable bonds is 5. The Morgan fingerprint density at radius 2 is 1.94 bits per heavy atom. The molecule has 10 heteroatoms. The number of fused-ring (bicyclic) bond motifs is 4. The van der Waals surface area contributed by atoms with Gasteiger partial charge in [-0.1, -0.05) is 0 Å². The lowest BCUT2D eigenvalue weighted by Crippen LogP contribution is -2.48. The van der Waals surface area contributed by atoms with Crippen molar-refractivity contribution >= 4 is 55.6 Å². The van der Waals surface area contributed by atoms with Crippen LogP contribution < -0.4 is 20.5 Å². The molecule has 0 aliphatic carbocycles. The fourth-order valence-electron chi connectivity index (χ4n) is 4.76. The molecule has 0 saturated carbocycles. The van der Waals surface area contributed by atoms with E-state index in [0.717, 1.165) is 42.9 Å². The molecule has 180 valence electrons. The number of hydrogen-bond donors (Lipinski definition) is 2. The molecular weight excluding hydrogens is 462 g/mol. The number of ether oxygens (including phenoxy) is 1. The molecule has 1 aromatic carbocycles. The highest BCUT2D eigenvalue weighted by molar-refractivity contribution is 7.17. The zero-order valence-electron chi connectivity index (χ0n) is 19.9. The van der Waals surface area contributed by atoms with Gasteiger partial charge in [-0.05, 0) is 43.5 Å². The van der Waals surface area contributed by atoms with Crippen molar-refractivity contribution < 1.29 is 4.74 Å². The Hall–Kier alpha value is -3.63. The number of nitrogens with zero attached hydrogens (tertiary/aromatic N) is 5. The molecule has 1 aliphatic heterocycles. The molecule has 0 unspecified atom stereocenters. The van der Waals surface area contributed by atoms with Crippen molar-refractivity contribution in [3.05, 3.63) is 52.3 Å². The van der Waals surface area contributed by atoms with Crippen molar-refractivity contribution in [2.45, 2.75) is 19.9 Å². The first kappa shape index (κ1) is 21.9. The quantitative estimate of drug-likeness (QED) is 0.385. The average molecular weight is 490 g/mol. The topological polar surface area (TPSA) is 90.8 Å². The highest BCUT2D eigenvalue weighted by atomic mass is 32.1. The van der Waals surface area contributed by atoms with E-state index in [4.69, 9.17) is 14.7 Å². The Labute approximate surface area is 206 Å². The first-order chi connectivity index (χ1) is 17.0. The number of benzene rings is 1. The Morgan fingerprint density at radius 3 is 2.71 bits per heavy atom. The third kappa shape index (κ3) is 3.69. The van der Waals surface area contributed by atoms with Crippen LogP contribution in [0.2, 0.25) is 0 Å². The fourth-order valence-corrected chi connectivity index (χ4v) is 5.52. The molecular formula is C25H27N7O2S. The molecule has 2 N–H and O–H groups in total. The zero-order valence-corrected chi connectivity index (χ0v) is 20.7. The van der Waals surface area contributed by atoms with Crippen LogP contribution >= 0.6 is 11.3 Å². The molecule has 0 spiro atoms. The highest BCUT2D eigenvalue weighted by Gasteiger charge is 2.21. The summed E-state index contributed by atoms with van der Waals surface area (Å²) < 4.78 is 7.90. The van der Waals surface area contributed by atoms with E-state index in [2.05, 4.69) is 40.0 Å². The van der Waals surface area contributed by atoms with E-state index in [1.807, 2.05) is 29.6 Å². The van der Waals surface area contributed by atoms with Crippen molar-refractivity contribution in [3.63, 3.8) is 0 Å². The van der Waals surface area contributed by atoms with Crippen LogP contribution in [0.5, 0.6) is 5.75 Å². The molecule has 1 aliphatic rings. The minimum absolute atomic E-state index is 0.142. The Balaban J connectivity index is 1.40.